The number of halogens is 1. The molecule has 2 aliphatic carbocycles. The first-order valence-corrected chi connectivity index (χ1v) is 9.72. The predicted octanol–water partition coefficient (Wildman–Crippen LogP) is 3.59. The Morgan fingerprint density at radius 2 is 1.85 bits per heavy atom. The fraction of sp³-hybridized carbons (Fsp3) is 0.600. The Bertz CT molecular complexity index is 827. The average Bonchev–Trinajstić information content (AvgIpc) is 3.28. The first kappa shape index (κ1) is 16.1. The van der Waals surface area contributed by atoms with Gasteiger partial charge in [-0.15, -0.1) is 0 Å². The van der Waals surface area contributed by atoms with Crippen LogP contribution in [0.3, 0.4) is 0 Å². The molecule has 138 valence electrons. The van der Waals surface area contributed by atoms with Gasteiger partial charge in [-0.3, -0.25) is 4.79 Å². The number of rotatable bonds is 2. The van der Waals surface area contributed by atoms with Crippen molar-refractivity contribution in [3.05, 3.63) is 24.0 Å². The lowest BCUT2D eigenvalue weighted by atomic mass is 9.79. The van der Waals surface area contributed by atoms with Crippen molar-refractivity contribution >= 4 is 23.0 Å². The number of carbonyl (C=O) groups is 1. The molecule has 1 aromatic carbocycles. The number of hydrogen-bond acceptors (Lipinski definition) is 4. The third-order valence-electron chi connectivity index (χ3n) is 6.55. The van der Waals surface area contributed by atoms with Gasteiger partial charge in [-0.05, 0) is 56.1 Å². The topological polar surface area (TPSA) is 49.6 Å². The number of piperazine rings is 1. The van der Waals surface area contributed by atoms with Crippen molar-refractivity contribution in [1.82, 2.24) is 9.88 Å². The fourth-order valence-corrected chi connectivity index (χ4v) is 4.55. The molecule has 1 aromatic heterocycles. The summed E-state index contributed by atoms with van der Waals surface area (Å²) in [4.78, 5) is 21.3. The third kappa shape index (κ3) is 2.85. The monoisotopic (exact) mass is 357 g/mol. The highest BCUT2D eigenvalue weighted by Crippen LogP contribution is 2.57. The van der Waals surface area contributed by atoms with Gasteiger partial charge in [-0.25, -0.2) is 4.39 Å². The number of carbonyl (C=O) groups excluding carboxylic acids is 1. The molecule has 1 saturated heterocycles. The van der Waals surface area contributed by atoms with Crippen molar-refractivity contribution in [2.75, 3.05) is 31.1 Å². The standard InChI is InChI=1S/C20H24FN3O2/c21-15-1-2-17-16(13-15)22-19(26-17)24-11-9-23(10-12-24)18(25)14-3-5-20(6-4-14)7-8-20/h1-2,13-14H,3-12H2. The zero-order valence-electron chi connectivity index (χ0n) is 14.9. The van der Waals surface area contributed by atoms with Crippen LogP contribution in [0.4, 0.5) is 10.4 Å². The van der Waals surface area contributed by atoms with E-state index in [2.05, 4.69) is 4.98 Å². The van der Waals surface area contributed by atoms with Crippen LogP contribution >= 0.6 is 0 Å². The van der Waals surface area contributed by atoms with E-state index in [4.69, 9.17) is 4.42 Å². The van der Waals surface area contributed by atoms with Crippen LogP contribution in [-0.4, -0.2) is 42.0 Å². The van der Waals surface area contributed by atoms with Gasteiger partial charge in [0.2, 0.25) is 5.91 Å². The molecule has 3 fully saturated rings. The summed E-state index contributed by atoms with van der Waals surface area (Å²) in [6.07, 6.45) is 7.36. The lowest BCUT2D eigenvalue weighted by molar-refractivity contribution is -0.137. The van der Waals surface area contributed by atoms with Gasteiger partial charge in [-0.1, -0.05) is 0 Å². The summed E-state index contributed by atoms with van der Waals surface area (Å²) in [5.74, 6) is 0.244. The molecule has 5 nitrogen and oxygen atoms in total. The van der Waals surface area contributed by atoms with Crippen LogP contribution < -0.4 is 4.90 Å². The molecule has 5 rings (SSSR count). The van der Waals surface area contributed by atoms with Gasteiger partial charge >= 0.3 is 0 Å². The molecular weight excluding hydrogens is 333 g/mol. The van der Waals surface area contributed by atoms with E-state index in [1.165, 1.54) is 37.8 Å². The summed E-state index contributed by atoms with van der Waals surface area (Å²) in [5.41, 5.74) is 1.76. The van der Waals surface area contributed by atoms with Crippen LogP contribution in [0.2, 0.25) is 0 Å². The Hall–Kier alpha value is -2.11. The molecule has 6 heteroatoms. The Labute approximate surface area is 152 Å². The maximum atomic E-state index is 13.3. The number of fused-ring (bicyclic) bond motifs is 1. The molecule has 26 heavy (non-hydrogen) atoms. The molecule has 0 N–H and O–H groups in total. The van der Waals surface area contributed by atoms with Crippen molar-refractivity contribution in [2.24, 2.45) is 11.3 Å². The van der Waals surface area contributed by atoms with E-state index in [9.17, 15) is 9.18 Å². The number of amides is 1. The second-order valence-electron chi connectivity index (χ2n) is 8.20. The smallest absolute Gasteiger partial charge is 0.298 e. The van der Waals surface area contributed by atoms with Crippen molar-refractivity contribution in [2.45, 2.75) is 38.5 Å². The minimum atomic E-state index is -0.312. The largest absolute Gasteiger partial charge is 0.423 e. The van der Waals surface area contributed by atoms with Crippen molar-refractivity contribution in [1.29, 1.82) is 0 Å². The normalized spacial score (nSPS) is 23.0. The van der Waals surface area contributed by atoms with Crippen molar-refractivity contribution < 1.29 is 13.6 Å². The van der Waals surface area contributed by atoms with Gasteiger partial charge < -0.3 is 14.2 Å². The Morgan fingerprint density at radius 3 is 2.54 bits per heavy atom. The minimum Gasteiger partial charge on any atom is -0.423 e. The number of benzene rings is 1. The van der Waals surface area contributed by atoms with E-state index in [1.807, 2.05) is 9.80 Å². The van der Waals surface area contributed by atoms with Crippen LogP contribution in [0.25, 0.3) is 11.1 Å². The molecule has 0 radical (unpaired) electrons. The maximum Gasteiger partial charge on any atom is 0.298 e. The van der Waals surface area contributed by atoms with Crippen LogP contribution in [0, 0.1) is 17.2 Å². The predicted molar refractivity (Wildman–Crippen MR) is 96.4 cm³/mol. The fourth-order valence-electron chi connectivity index (χ4n) is 4.55. The van der Waals surface area contributed by atoms with Gasteiger partial charge in [0.25, 0.3) is 6.01 Å². The number of anilines is 1. The van der Waals surface area contributed by atoms with Crippen LogP contribution in [0.15, 0.2) is 22.6 Å². The molecule has 2 heterocycles. The highest BCUT2D eigenvalue weighted by atomic mass is 19.1. The molecule has 3 aliphatic rings. The Morgan fingerprint density at radius 1 is 1.12 bits per heavy atom. The van der Waals surface area contributed by atoms with Crippen LogP contribution in [-0.2, 0) is 4.79 Å². The van der Waals surface area contributed by atoms with Gasteiger partial charge in [0.05, 0.1) is 0 Å². The van der Waals surface area contributed by atoms with Crippen molar-refractivity contribution in [3.8, 4) is 0 Å². The lowest BCUT2D eigenvalue weighted by Gasteiger charge is -2.37. The summed E-state index contributed by atoms with van der Waals surface area (Å²) in [7, 11) is 0. The second kappa shape index (κ2) is 5.96. The number of oxazole rings is 1. The van der Waals surface area contributed by atoms with Crippen LogP contribution in [0.1, 0.15) is 38.5 Å². The van der Waals surface area contributed by atoms with E-state index in [-0.39, 0.29) is 11.7 Å². The Balaban J connectivity index is 1.20. The molecule has 1 amide bonds. The minimum absolute atomic E-state index is 0.222. The first-order valence-electron chi connectivity index (χ1n) is 9.72. The number of aromatic nitrogens is 1. The summed E-state index contributed by atoms with van der Waals surface area (Å²) in [6, 6.07) is 4.89. The molecule has 0 unspecified atom stereocenters. The van der Waals surface area contributed by atoms with E-state index >= 15 is 0 Å². The zero-order valence-corrected chi connectivity index (χ0v) is 14.9. The Kier molecular flexibility index (Phi) is 3.69. The summed E-state index contributed by atoms with van der Waals surface area (Å²) >= 11 is 0. The lowest BCUT2D eigenvalue weighted by Crippen LogP contribution is -2.50. The maximum absolute atomic E-state index is 13.3. The second-order valence-corrected chi connectivity index (χ2v) is 8.20. The molecule has 0 bridgehead atoms. The highest BCUT2D eigenvalue weighted by molar-refractivity contribution is 5.79. The quantitative estimate of drug-likeness (QED) is 0.824. The van der Waals surface area contributed by atoms with Gasteiger partial charge in [0.1, 0.15) is 11.3 Å². The summed E-state index contributed by atoms with van der Waals surface area (Å²) in [5, 5.41) is 0. The van der Waals surface area contributed by atoms with E-state index in [0.29, 0.717) is 54.6 Å². The van der Waals surface area contributed by atoms with Crippen LogP contribution in [0.5, 0.6) is 0 Å². The van der Waals surface area contributed by atoms with E-state index in [0.717, 1.165) is 12.8 Å². The van der Waals surface area contributed by atoms with Gasteiger partial charge in [0, 0.05) is 38.2 Å². The first-order chi connectivity index (χ1) is 12.6. The SMILES string of the molecule is O=C(C1CCC2(CC1)CC2)N1CCN(c2nc3cc(F)ccc3o2)CC1. The van der Waals surface area contributed by atoms with Gasteiger partial charge in [0.15, 0.2) is 5.58 Å². The molecule has 2 aromatic rings. The van der Waals surface area contributed by atoms with E-state index < -0.39 is 0 Å². The molecule has 0 atom stereocenters. The van der Waals surface area contributed by atoms with Gasteiger partial charge in [-0.2, -0.15) is 4.98 Å². The summed E-state index contributed by atoms with van der Waals surface area (Å²) < 4.78 is 19.1. The average molecular weight is 357 g/mol. The third-order valence-corrected chi connectivity index (χ3v) is 6.55. The van der Waals surface area contributed by atoms with Crippen molar-refractivity contribution in [3.63, 3.8) is 0 Å². The number of nitrogens with zero attached hydrogens (tertiary/aromatic N) is 3. The van der Waals surface area contributed by atoms with E-state index in [1.54, 1.807) is 6.07 Å². The zero-order chi connectivity index (χ0) is 17.7. The molecule has 2 saturated carbocycles. The summed E-state index contributed by atoms with van der Waals surface area (Å²) in [6.45, 7) is 2.82. The molecular formula is C20H24FN3O2. The molecule has 1 spiro atoms. The number of hydrogen-bond donors (Lipinski definition) is 0. The highest BCUT2D eigenvalue weighted by Gasteiger charge is 2.46. The molecule has 1 aliphatic heterocycles.